The minimum atomic E-state index is -3.41. The number of piperidine rings is 1. The van der Waals surface area contributed by atoms with Gasteiger partial charge in [0.1, 0.15) is 4.21 Å². The Labute approximate surface area is 107 Å². The number of aliphatic hydroxyl groups excluding tert-OH is 1. The molecule has 0 radical (unpaired) electrons. The number of nitrogens with zero attached hydrogens (tertiary/aromatic N) is 1. The van der Waals surface area contributed by atoms with Crippen LogP contribution in [0.15, 0.2) is 20.1 Å². The van der Waals surface area contributed by atoms with Gasteiger partial charge in [0.15, 0.2) is 0 Å². The Bertz CT molecular complexity index is 471. The fourth-order valence-electron chi connectivity index (χ4n) is 1.70. The molecule has 2 heterocycles. The van der Waals surface area contributed by atoms with Crippen LogP contribution >= 0.6 is 27.3 Å². The van der Waals surface area contributed by atoms with E-state index in [1.807, 2.05) is 0 Å². The summed E-state index contributed by atoms with van der Waals surface area (Å²) in [7, 11) is -3.41. The van der Waals surface area contributed by atoms with Gasteiger partial charge in [-0.3, -0.25) is 0 Å². The quantitative estimate of drug-likeness (QED) is 0.899. The van der Waals surface area contributed by atoms with Crippen LogP contribution in [0, 0.1) is 0 Å². The van der Waals surface area contributed by atoms with Gasteiger partial charge in [0.2, 0.25) is 0 Å². The first-order chi connectivity index (χ1) is 7.50. The number of aliphatic hydroxyl groups is 1. The molecular formula is C9H12BrNO3S2. The second-order valence-corrected chi connectivity index (χ2v) is 8.35. The van der Waals surface area contributed by atoms with Crippen LogP contribution in [0.1, 0.15) is 12.8 Å². The molecule has 0 saturated carbocycles. The molecule has 1 atom stereocenters. The van der Waals surface area contributed by atoms with Crippen molar-refractivity contribution in [2.24, 2.45) is 0 Å². The molecule has 0 amide bonds. The molecule has 0 bridgehead atoms. The van der Waals surface area contributed by atoms with Crippen LogP contribution in [0.2, 0.25) is 0 Å². The summed E-state index contributed by atoms with van der Waals surface area (Å²) >= 11 is 4.44. The smallest absolute Gasteiger partial charge is 0.252 e. The molecule has 1 aromatic rings. The van der Waals surface area contributed by atoms with Crippen molar-refractivity contribution >= 4 is 37.3 Å². The number of thiophene rings is 1. The molecule has 7 heteroatoms. The zero-order chi connectivity index (χ0) is 11.8. The van der Waals surface area contributed by atoms with Crippen LogP contribution in [-0.2, 0) is 10.0 Å². The average molecular weight is 326 g/mol. The van der Waals surface area contributed by atoms with Crippen LogP contribution in [-0.4, -0.2) is 37.0 Å². The van der Waals surface area contributed by atoms with Gasteiger partial charge in [-0.15, -0.1) is 11.3 Å². The van der Waals surface area contributed by atoms with Gasteiger partial charge in [0.05, 0.1) is 9.89 Å². The largest absolute Gasteiger partial charge is 0.392 e. The van der Waals surface area contributed by atoms with Crippen molar-refractivity contribution in [2.75, 3.05) is 13.1 Å². The van der Waals surface area contributed by atoms with Gasteiger partial charge in [-0.2, -0.15) is 4.31 Å². The molecule has 1 aromatic heterocycles. The second-order valence-electron chi connectivity index (χ2n) is 3.72. The molecule has 90 valence electrons. The van der Waals surface area contributed by atoms with Crippen LogP contribution < -0.4 is 0 Å². The van der Waals surface area contributed by atoms with Gasteiger partial charge >= 0.3 is 0 Å². The van der Waals surface area contributed by atoms with Gasteiger partial charge < -0.3 is 5.11 Å². The van der Waals surface area contributed by atoms with E-state index in [1.165, 1.54) is 15.6 Å². The third-order valence-corrected chi connectivity index (χ3v) is 6.46. The second kappa shape index (κ2) is 4.73. The van der Waals surface area contributed by atoms with E-state index in [2.05, 4.69) is 15.9 Å². The lowest BCUT2D eigenvalue weighted by molar-refractivity contribution is 0.108. The Kier molecular flexibility index (Phi) is 3.70. The summed E-state index contributed by atoms with van der Waals surface area (Å²) in [6, 6.07) is 3.31. The summed E-state index contributed by atoms with van der Waals surface area (Å²) in [6.45, 7) is 0.701. The van der Waals surface area contributed by atoms with Crippen LogP contribution in [0.3, 0.4) is 0 Å². The van der Waals surface area contributed by atoms with Crippen molar-refractivity contribution in [1.82, 2.24) is 4.31 Å². The van der Waals surface area contributed by atoms with Crippen molar-refractivity contribution in [3.8, 4) is 0 Å². The predicted molar refractivity (Wildman–Crippen MR) is 66.0 cm³/mol. The lowest BCUT2D eigenvalue weighted by Gasteiger charge is -2.28. The van der Waals surface area contributed by atoms with Gasteiger partial charge in [-0.25, -0.2) is 8.42 Å². The lowest BCUT2D eigenvalue weighted by Crippen LogP contribution is -2.41. The maximum Gasteiger partial charge on any atom is 0.252 e. The maximum absolute atomic E-state index is 12.2. The molecule has 16 heavy (non-hydrogen) atoms. The first kappa shape index (κ1) is 12.5. The fourth-order valence-corrected chi connectivity index (χ4v) is 5.38. The molecule has 2 rings (SSSR count). The van der Waals surface area contributed by atoms with Gasteiger partial charge in [0, 0.05) is 13.1 Å². The van der Waals surface area contributed by atoms with Gasteiger partial charge in [-0.1, -0.05) is 0 Å². The van der Waals surface area contributed by atoms with Crippen molar-refractivity contribution in [2.45, 2.75) is 23.2 Å². The molecular weight excluding hydrogens is 314 g/mol. The summed E-state index contributed by atoms with van der Waals surface area (Å²) < 4.78 is 26.8. The molecule has 1 saturated heterocycles. The van der Waals surface area contributed by atoms with Crippen LogP contribution in [0.25, 0.3) is 0 Å². The molecule has 4 nitrogen and oxygen atoms in total. The van der Waals surface area contributed by atoms with Crippen molar-refractivity contribution in [3.63, 3.8) is 0 Å². The summed E-state index contributed by atoms with van der Waals surface area (Å²) in [5.74, 6) is 0. The highest BCUT2D eigenvalue weighted by Gasteiger charge is 2.30. The van der Waals surface area contributed by atoms with E-state index in [0.29, 0.717) is 23.6 Å². The van der Waals surface area contributed by atoms with Crippen molar-refractivity contribution in [3.05, 3.63) is 15.9 Å². The SMILES string of the molecule is O=S(=O)(c1ccc(Br)s1)N1CCC[C@H](O)C1. The van der Waals surface area contributed by atoms with E-state index in [0.717, 1.165) is 3.79 Å². The van der Waals surface area contributed by atoms with E-state index in [4.69, 9.17) is 0 Å². The van der Waals surface area contributed by atoms with Crippen LogP contribution in [0.5, 0.6) is 0 Å². The number of sulfonamides is 1. The van der Waals surface area contributed by atoms with Crippen molar-refractivity contribution < 1.29 is 13.5 Å². The third kappa shape index (κ3) is 2.48. The molecule has 1 fully saturated rings. The highest BCUT2D eigenvalue weighted by atomic mass is 79.9. The Balaban J connectivity index is 2.25. The monoisotopic (exact) mass is 325 g/mol. The zero-order valence-corrected chi connectivity index (χ0v) is 11.7. The fraction of sp³-hybridized carbons (Fsp3) is 0.556. The Morgan fingerprint density at radius 1 is 1.50 bits per heavy atom. The van der Waals surface area contributed by atoms with Gasteiger partial charge in [0.25, 0.3) is 10.0 Å². The van der Waals surface area contributed by atoms with Crippen molar-refractivity contribution in [1.29, 1.82) is 0 Å². The molecule has 1 N–H and O–H groups in total. The normalized spacial score (nSPS) is 23.5. The first-order valence-electron chi connectivity index (χ1n) is 4.94. The number of β-amino-alcohol motifs (C(OH)–C–C–N with tert-alkyl or cyclic N) is 1. The Morgan fingerprint density at radius 2 is 2.25 bits per heavy atom. The summed E-state index contributed by atoms with van der Waals surface area (Å²) in [5.41, 5.74) is 0. The van der Waals surface area contributed by atoms with E-state index in [-0.39, 0.29) is 6.54 Å². The minimum absolute atomic E-state index is 0.206. The van der Waals surface area contributed by atoms with E-state index in [9.17, 15) is 13.5 Å². The van der Waals surface area contributed by atoms with E-state index < -0.39 is 16.1 Å². The average Bonchev–Trinajstić information content (AvgIpc) is 2.65. The zero-order valence-electron chi connectivity index (χ0n) is 8.47. The highest BCUT2D eigenvalue weighted by molar-refractivity contribution is 9.11. The minimum Gasteiger partial charge on any atom is -0.392 e. The number of hydrogen-bond acceptors (Lipinski definition) is 4. The molecule has 1 aliphatic rings. The van der Waals surface area contributed by atoms with E-state index >= 15 is 0 Å². The number of hydrogen-bond donors (Lipinski definition) is 1. The summed E-state index contributed by atoms with van der Waals surface area (Å²) in [5, 5.41) is 9.48. The Morgan fingerprint density at radius 3 is 2.81 bits per heavy atom. The highest BCUT2D eigenvalue weighted by Crippen LogP contribution is 2.29. The maximum atomic E-state index is 12.2. The number of rotatable bonds is 2. The van der Waals surface area contributed by atoms with Gasteiger partial charge in [-0.05, 0) is 40.9 Å². The summed E-state index contributed by atoms with van der Waals surface area (Å²) in [4.78, 5) is 0. The molecule has 0 aromatic carbocycles. The molecule has 0 spiro atoms. The molecule has 0 aliphatic carbocycles. The topological polar surface area (TPSA) is 57.6 Å². The lowest BCUT2D eigenvalue weighted by atomic mass is 10.1. The molecule has 0 unspecified atom stereocenters. The van der Waals surface area contributed by atoms with Crippen LogP contribution in [0.4, 0.5) is 0 Å². The Hall–Kier alpha value is 0.0500. The molecule has 1 aliphatic heterocycles. The number of halogens is 1. The third-order valence-electron chi connectivity index (χ3n) is 2.50. The summed E-state index contributed by atoms with van der Waals surface area (Å²) in [6.07, 6.45) is 0.861. The first-order valence-corrected chi connectivity index (χ1v) is 7.98. The predicted octanol–water partition coefficient (Wildman–Crippen LogP) is 1.66. The van der Waals surface area contributed by atoms with E-state index in [1.54, 1.807) is 12.1 Å². The standard InChI is InChI=1S/C9H12BrNO3S2/c10-8-3-4-9(15-8)16(13,14)11-5-1-2-7(12)6-11/h3-4,7,12H,1-2,5-6H2/t7-/m0/s1.